The quantitative estimate of drug-likeness (QED) is 0.736. The van der Waals surface area contributed by atoms with Crippen molar-refractivity contribution in [2.75, 3.05) is 6.54 Å². The Labute approximate surface area is 105 Å². The normalized spacial score (nSPS) is 10.8. The number of nitrogens with zero attached hydrogens (tertiary/aromatic N) is 4. The summed E-state index contributed by atoms with van der Waals surface area (Å²) in [5, 5.41) is 11.2. The average Bonchev–Trinajstić information content (AvgIpc) is 2.96. The minimum atomic E-state index is 0.283. The fourth-order valence-corrected chi connectivity index (χ4v) is 1.42. The lowest BCUT2D eigenvalue weighted by Gasteiger charge is -1.97. The summed E-state index contributed by atoms with van der Waals surface area (Å²) in [5.74, 6) is 0.663. The molecule has 2 aromatic heterocycles. The number of aryl methyl sites for hydroxylation is 1. The molecule has 98 valence electrons. The van der Waals surface area contributed by atoms with Crippen molar-refractivity contribution in [3.8, 4) is 6.01 Å². The van der Waals surface area contributed by atoms with Crippen LogP contribution in [0, 0.1) is 0 Å². The molecule has 1 N–H and O–H groups in total. The molecule has 0 aliphatic rings. The van der Waals surface area contributed by atoms with E-state index in [4.69, 9.17) is 9.26 Å². The maximum Gasteiger partial charge on any atom is 0.335 e. The van der Waals surface area contributed by atoms with Gasteiger partial charge in [0.1, 0.15) is 6.33 Å². The Morgan fingerprint density at radius 3 is 3.11 bits per heavy atom. The van der Waals surface area contributed by atoms with Gasteiger partial charge in [-0.25, -0.2) is 0 Å². The van der Waals surface area contributed by atoms with E-state index in [0.29, 0.717) is 18.3 Å². The molecular formula is C11H17N5O2. The van der Waals surface area contributed by atoms with E-state index in [-0.39, 0.29) is 6.61 Å². The molecule has 0 saturated heterocycles. The number of hydrogen-bond acceptors (Lipinski definition) is 6. The Bertz CT molecular complexity index is 479. The van der Waals surface area contributed by atoms with Gasteiger partial charge >= 0.3 is 6.01 Å². The first-order chi connectivity index (χ1) is 8.78. The summed E-state index contributed by atoms with van der Waals surface area (Å²) in [6.07, 6.45) is 2.68. The van der Waals surface area contributed by atoms with Crippen LogP contribution in [0.1, 0.15) is 24.8 Å². The first-order valence-corrected chi connectivity index (χ1v) is 5.91. The van der Waals surface area contributed by atoms with Crippen molar-refractivity contribution < 1.29 is 9.26 Å². The zero-order chi connectivity index (χ0) is 12.8. The lowest BCUT2D eigenvalue weighted by molar-refractivity contribution is 0.232. The molecule has 0 fully saturated rings. The Morgan fingerprint density at radius 1 is 1.50 bits per heavy atom. The van der Waals surface area contributed by atoms with Crippen molar-refractivity contribution in [2.24, 2.45) is 7.05 Å². The number of ether oxygens (including phenoxy) is 1. The van der Waals surface area contributed by atoms with Crippen molar-refractivity contribution in [1.29, 1.82) is 0 Å². The summed E-state index contributed by atoms with van der Waals surface area (Å²) in [5.41, 5.74) is 0.871. The molecule has 2 rings (SSSR count). The molecule has 0 radical (unpaired) electrons. The third-order valence-corrected chi connectivity index (χ3v) is 2.26. The highest BCUT2D eigenvalue weighted by molar-refractivity contribution is 5.05. The van der Waals surface area contributed by atoms with Crippen LogP contribution in [0.25, 0.3) is 0 Å². The minimum Gasteiger partial charge on any atom is -0.454 e. The first-order valence-electron chi connectivity index (χ1n) is 5.91. The molecule has 0 unspecified atom stereocenters. The molecule has 0 aliphatic carbocycles. The van der Waals surface area contributed by atoms with E-state index in [1.807, 2.05) is 6.07 Å². The highest BCUT2D eigenvalue weighted by atomic mass is 16.5. The minimum absolute atomic E-state index is 0.283. The maximum atomic E-state index is 5.35. The average molecular weight is 251 g/mol. The van der Waals surface area contributed by atoms with Gasteiger partial charge in [0.15, 0.2) is 12.4 Å². The number of rotatable bonds is 7. The molecule has 2 aromatic rings. The third kappa shape index (κ3) is 3.56. The topological polar surface area (TPSA) is 78.0 Å². The second kappa shape index (κ2) is 6.15. The Kier molecular flexibility index (Phi) is 4.30. The van der Waals surface area contributed by atoms with Crippen LogP contribution in [0.2, 0.25) is 0 Å². The second-order valence-corrected chi connectivity index (χ2v) is 3.95. The van der Waals surface area contributed by atoms with Crippen molar-refractivity contribution in [1.82, 2.24) is 25.2 Å². The lowest BCUT2D eigenvalue weighted by Crippen LogP contribution is -2.13. The van der Waals surface area contributed by atoms with Gasteiger partial charge in [-0.2, -0.15) is 4.98 Å². The van der Waals surface area contributed by atoms with Crippen LogP contribution in [-0.2, 0) is 20.2 Å². The van der Waals surface area contributed by atoms with Gasteiger partial charge < -0.3 is 14.6 Å². The van der Waals surface area contributed by atoms with E-state index in [9.17, 15) is 0 Å². The largest absolute Gasteiger partial charge is 0.454 e. The summed E-state index contributed by atoms with van der Waals surface area (Å²) in [6.45, 7) is 4.08. The van der Waals surface area contributed by atoms with Crippen LogP contribution in [0.3, 0.4) is 0 Å². The van der Waals surface area contributed by atoms with Crippen molar-refractivity contribution in [3.05, 3.63) is 23.8 Å². The maximum absolute atomic E-state index is 5.35. The molecule has 0 saturated carbocycles. The van der Waals surface area contributed by atoms with Crippen LogP contribution in [0.15, 0.2) is 16.9 Å². The van der Waals surface area contributed by atoms with E-state index < -0.39 is 0 Å². The van der Waals surface area contributed by atoms with E-state index >= 15 is 0 Å². The molecule has 0 atom stereocenters. The zero-order valence-corrected chi connectivity index (χ0v) is 10.6. The fourth-order valence-electron chi connectivity index (χ4n) is 1.42. The van der Waals surface area contributed by atoms with E-state index in [0.717, 1.165) is 18.7 Å². The fraction of sp³-hybridized carbons (Fsp3) is 0.545. The number of aromatic nitrogens is 4. The second-order valence-electron chi connectivity index (χ2n) is 3.95. The Hall–Kier alpha value is -1.89. The summed E-state index contributed by atoms with van der Waals surface area (Å²) >= 11 is 0. The van der Waals surface area contributed by atoms with Crippen LogP contribution in [-0.4, -0.2) is 26.5 Å². The summed E-state index contributed by atoms with van der Waals surface area (Å²) in [4.78, 5) is 3.95. The monoisotopic (exact) mass is 251 g/mol. The molecule has 7 nitrogen and oxygen atoms in total. The van der Waals surface area contributed by atoms with Gasteiger partial charge in [0, 0.05) is 19.7 Å². The Balaban J connectivity index is 1.79. The van der Waals surface area contributed by atoms with Gasteiger partial charge in [-0.1, -0.05) is 12.1 Å². The van der Waals surface area contributed by atoms with Gasteiger partial charge in [-0.05, 0) is 13.0 Å². The SMILES string of the molecule is CCCNCc1cc(COc2ncn(C)n2)on1. The van der Waals surface area contributed by atoms with Gasteiger partial charge in [-0.15, -0.1) is 5.10 Å². The van der Waals surface area contributed by atoms with Gasteiger partial charge in [0.05, 0.1) is 5.69 Å². The smallest absolute Gasteiger partial charge is 0.335 e. The Morgan fingerprint density at radius 2 is 2.39 bits per heavy atom. The molecule has 18 heavy (non-hydrogen) atoms. The molecular weight excluding hydrogens is 234 g/mol. The van der Waals surface area contributed by atoms with Crippen molar-refractivity contribution in [2.45, 2.75) is 26.5 Å². The van der Waals surface area contributed by atoms with Crippen molar-refractivity contribution >= 4 is 0 Å². The van der Waals surface area contributed by atoms with Crippen molar-refractivity contribution in [3.63, 3.8) is 0 Å². The molecule has 7 heteroatoms. The molecule has 2 heterocycles. The van der Waals surface area contributed by atoms with Crippen LogP contribution in [0.4, 0.5) is 0 Å². The summed E-state index contributed by atoms with van der Waals surface area (Å²) in [7, 11) is 1.78. The number of nitrogens with one attached hydrogen (secondary N) is 1. The van der Waals surface area contributed by atoms with Crippen LogP contribution >= 0.6 is 0 Å². The molecule has 0 aromatic carbocycles. The van der Waals surface area contributed by atoms with Crippen LogP contribution < -0.4 is 10.1 Å². The molecule has 0 aliphatic heterocycles. The molecule has 0 bridgehead atoms. The van der Waals surface area contributed by atoms with Gasteiger partial charge in [-0.3, -0.25) is 4.68 Å². The number of hydrogen-bond donors (Lipinski definition) is 1. The van der Waals surface area contributed by atoms with E-state index in [2.05, 4.69) is 27.5 Å². The predicted octanol–water partition coefficient (Wildman–Crippen LogP) is 0.882. The third-order valence-electron chi connectivity index (χ3n) is 2.26. The van der Waals surface area contributed by atoms with E-state index in [1.54, 1.807) is 18.1 Å². The standard InChI is InChI=1S/C11H17N5O2/c1-3-4-12-6-9-5-10(18-15-9)7-17-11-13-8-16(2)14-11/h5,8,12H,3-4,6-7H2,1-2H3. The highest BCUT2D eigenvalue weighted by Crippen LogP contribution is 2.07. The summed E-state index contributed by atoms with van der Waals surface area (Å²) in [6, 6.07) is 2.20. The summed E-state index contributed by atoms with van der Waals surface area (Å²) < 4.78 is 12.1. The predicted molar refractivity (Wildman–Crippen MR) is 63.8 cm³/mol. The first kappa shape index (κ1) is 12.6. The van der Waals surface area contributed by atoms with E-state index in [1.165, 1.54) is 0 Å². The molecule has 0 amide bonds. The molecule has 0 spiro atoms. The highest BCUT2D eigenvalue weighted by Gasteiger charge is 2.06. The van der Waals surface area contributed by atoms with Gasteiger partial charge in [0.25, 0.3) is 0 Å². The van der Waals surface area contributed by atoms with Crippen LogP contribution in [0.5, 0.6) is 6.01 Å². The zero-order valence-electron chi connectivity index (χ0n) is 10.6. The lowest BCUT2D eigenvalue weighted by atomic mass is 10.3. The van der Waals surface area contributed by atoms with Gasteiger partial charge in [0.2, 0.25) is 0 Å².